The molecule has 0 saturated heterocycles. The number of carbonyl (C=O) groups is 1. The highest BCUT2D eigenvalue weighted by Gasteiger charge is 2.45. The fourth-order valence-electron chi connectivity index (χ4n) is 2.80. The Bertz CT molecular complexity index is 552. The Balaban J connectivity index is 1.69. The summed E-state index contributed by atoms with van der Waals surface area (Å²) >= 11 is 0. The van der Waals surface area contributed by atoms with Crippen LogP contribution >= 0.6 is 0 Å². The van der Waals surface area contributed by atoms with Crippen LogP contribution in [0.3, 0.4) is 0 Å². The number of nitrogens with two attached hydrogens (primary N) is 1. The summed E-state index contributed by atoms with van der Waals surface area (Å²) in [6, 6.07) is 5.79. The molecule has 1 fully saturated rings. The third kappa shape index (κ3) is 2.83. The highest BCUT2D eigenvalue weighted by Crippen LogP contribution is 2.39. The lowest BCUT2D eigenvalue weighted by Crippen LogP contribution is -2.53. The minimum absolute atomic E-state index is 0.000103. The van der Waals surface area contributed by atoms with E-state index in [-0.39, 0.29) is 5.91 Å². The van der Waals surface area contributed by atoms with Crippen LogP contribution in [0.4, 0.5) is 0 Å². The van der Waals surface area contributed by atoms with E-state index < -0.39 is 5.54 Å². The van der Waals surface area contributed by atoms with E-state index in [2.05, 4.69) is 0 Å². The lowest BCUT2D eigenvalue weighted by molar-refractivity contribution is -0.136. The van der Waals surface area contributed by atoms with Crippen molar-refractivity contribution in [1.29, 1.82) is 0 Å². The molecule has 114 valence electrons. The molecule has 1 unspecified atom stereocenters. The van der Waals surface area contributed by atoms with Gasteiger partial charge < -0.3 is 20.1 Å². The van der Waals surface area contributed by atoms with Crippen molar-refractivity contribution < 1.29 is 14.3 Å². The number of likely N-dealkylation sites (N-methyl/N-ethyl adjacent to an activating group) is 1. The van der Waals surface area contributed by atoms with Gasteiger partial charge in [-0.2, -0.15) is 0 Å². The standard InChI is InChI=1S/C16H22N2O3/c1-16(17,12-4-5-12)15(19)18(2)10-11-3-6-13-14(9-11)21-8-7-20-13/h3,6,9,12H,4-5,7-8,10,17H2,1-2H3. The molecule has 5 heteroatoms. The van der Waals surface area contributed by atoms with E-state index in [1.807, 2.05) is 25.1 Å². The number of nitrogens with zero attached hydrogens (tertiary/aromatic N) is 1. The first-order valence-corrected chi connectivity index (χ1v) is 7.41. The molecule has 1 atom stereocenters. The van der Waals surface area contributed by atoms with Gasteiger partial charge in [-0.1, -0.05) is 6.07 Å². The van der Waals surface area contributed by atoms with Gasteiger partial charge in [-0.25, -0.2) is 0 Å². The Morgan fingerprint density at radius 3 is 2.67 bits per heavy atom. The van der Waals surface area contributed by atoms with Crippen molar-refractivity contribution >= 4 is 5.91 Å². The van der Waals surface area contributed by atoms with Gasteiger partial charge in [-0.05, 0) is 43.4 Å². The number of rotatable bonds is 4. The van der Waals surface area contributed by atoms with Gasteiger partial charge >= 0.3 is 0 Å². The minimum Gasteiger partial charge on any atom is -0.486 e. The number of benzene rings is 1. The summed E-state index contributed by atoms with van der Waals surface area (Å²) in [5.41, 5.74) is 6.46. The zero-order chi connectivity index (χ0) is 15.0. The molecule has 0 bridgehead atoms. The zero-order valence-corrected chi connectivity index (χ0v) is 12.6. The van der Waals surface area contributed by atoms with Crippen LogP contribution < -0.4 is 15.2 Å². The summed E-state index contributed by atoms with van der Waals surface area (Å²) in [7, 11) is 1.80. The molecule has 1 aromatic carbocycles. The van der Waals surface area contributed by atoms with Crippen LogP contribution in [0, 0.1) is 5.92 Å². The van der Waals surface area contributed by atoms with E-state index in [1.54, 1.807) is 11.9 Å². The van der Waals surface area contributed by atoms with E-state index in [0.29, 0.717) is 25.7 Å². The Hall–Kier alpha value is -1.75. The second kappa shape index (κ2) is 5.22. The maximum atomic E-state index is 12.5. The SMILES string of the molecule is CN(Cc1ccc2c(c1)OCCO2)C(=O)C(C)(N)C1CC1. The minimum atomic E-state index is -0.747. The maximum Gasteiger partial charge on any atom is 0.242 e. The Labute approximate surface area is 125 Å². The van der Waals surface area contributed by atoms with E-state index in [9.17, 15) is 4.79 Å². The van der Waals surface area contributed by atoms with Crippen molar-refractivity contribution in [2.24, 2.45) is 11.7 Å². The molecule has 0 aromatic heterocycles. The topological polar surface area (TPSA) is 64.8 Å². The molecule has 1 aliphatic heterocycles. The van der Waals surface area contributed by atoms with Crippen molar-refractivity contribution in [3.63, 3.8) is 0 Å². The molecule has 1 aliphatic carbocycles. The normalized spacial score (nSPS) is 19.8. The van der Waals surface area contributed by atoms with E-state index in [0.717, 1.165) is 29.9 Å². The van der Waals surface area contributed by atoms with Crippen LogP contribution in [0.15, 0.2) is 18.2 Å². The van der Waals surface area contributed by atoms with E-state index in [1.165, 1.54) is 0 Å². The molecule has 1 amide bonds. The first kappa shape index (κ1) is 14.2. The van der Waals surface area contributed by atoms with Crippen LogP contribution in [-0.2, 0) is 11.3 Å². The molecular formula is C16H22N2O3. The third-order valence-electron chi connectivity index (χ3n) is 4.26. The van der Waals surface area contributed by atoms with Gasteiger partial charge in [0.1, 0.15) is 13.2 Å². The second-order valence-corrected chi connectivity index (χ2v) is 6.20. The summed E-state index contributed by atoms with van der Waals surface area (Å²) in [5, 5.41) is 0. The summed E-state index contributed by atoms with van der Waals surface area (Å²) in [4.78, 5) is 14.2. The Kier molecular flexibility index (Phi) is 3.53. The van der Waals surface area contributed by atoms with E-state index in [4.69, 9.17) is 15.2 Å². The number of carbonyl (C=O) groups excluding carboxylic acids is 1. The number of ether oxygens (including phenoxy) is 2. The number of amides is 1. The van der Waals surface area contributed by atoms with Crippen LogP contribution in [-0.4, -0.2) is 36.6 Å². The van der Waals surface area contributed by atoms with Gasteiger partial charge in [0.15, 0.2) is 11.5 Å². The third-order valence-corrected chi connectivity index (χ3v) is 4.26. The summed E-state index contributed by atoms with van der Waals surface area (Å²) in [6.45, 7) is 3.51. The molecule has 3 rings (SSSR count). The maximum absolute atomic E-state index is 12.5. The van der Waals surface area contributed by atoms with Gasteiger partial charge in [0, 0.05) is 13.6 Å². The number of fused-ring (bicyclic) bond motifs is 1. The van der Waals surface area contributed by atoms with Crippen molar-refractivity contribution in [2.75, 3.05) is 20.3 Å². The monoisotopic (exact) mass is 290 g/mol. The van der Waals surface area contributed by atoms with Crippen molar-refractivity contribution in [2.45, 2.75) is 31.8 Å². The quantitative estimate of drug-likeness (QED) is 0.913. The van der Waals surface area contributed by atoms with Gasteiger partial charge in [0.05, 0.1) is 5.54 Å². The first-order valence-electron chi connectivity index (χ1n) is 7.41. The largest absolute Gasteiger partial charge is 0.486 e. The Morgan fingerprint density at radius 1 is 1.33 bits per heavy atom. The van der Waals surface area contributed by atoms with Gasteiger partial charge in [0.25, 0.3) is 0 Å². The number of hydrogen-bond acceptors (Lipinski definition) is 4. The van der Waals surface area contributed by atoms with Crippen molar-refractivity contribution in [1.82, 2.24) is 4.90 Å². The predicted octanol–water partition coefficient (Wildman–Crippen LogP) is 1.54. The summed E-state index contributed by atoms with van der Waals surface area (Å²) in [5.74, 6) is 1.84. The Morgan fingerprint density at radius 2 is 2.00 bits per heavy atom. The fourth-order valence-corrected chi connectivity index (χ4v) is 2.80. The smallest absolute Gasteiger partial charge is 0.242 e. The van der Waals surface area contributed by atoms with E-state index >= 15 is 0 Å². The molecule has 1 saturated carbocycles. The first-order chi connectivity index (χ1) is 9.98. The lowest BCUT2D eigenvalue weighted by Gasteiger charge is -2.29. The van der Waals surface area contributed by atoms with Gasteiger partial charge in [-0.15, -0.1) is 0 Å². The average molecular weight is 290 g/mol. The molecule has 2 aliphatic rings. The highest BCUT2D eigenvalue weighted by atomic mass is 16.6. The molecule has 2 N–H and O–H groups in total. The van der Waals surface area contributed by atoms with Crippen LogP contribution in [0.5, 0.6) is 11.5 Å². The summed E-state index contributed by atoms with van der Waals surface area (Å²) < 4.78 is 11.1. The molecule has 5 nitrogen and oxygen atoms in total. The average Bonchev–Trinajstić information content (AvgIpc) is 3.31. The fraction of sp³-hybridized carbons (Fsp3) is 0.562. The predicted molar refractivity (Wildman–Crippen MR) is 79.2 cm³/mol. The second-order valence-electron chi connectivity index (χ2n) is 6.20. The van der Waals surface area contributed by atoms with Gasteiger partial charge in [0.2, 0.25) is 5.91 Å². The summed E-state index contributed by atoms with van der Waals surface area (Å²) in [6.07, 6.45) is 2.10. The molecule has 0 radical (unpaired) electrons. The molecular weight excluding hydrogens is 268 g/mol. The molecule has 0 spiro atoms. The van der Waals surface area contributed by atoms with Crippen LogP contribution in [0.25, 0.3) is 0 Å². The lowest BCUT2D eigenvalue weighted by atomic mass is 9.95. The molecule has 1 aromatic rings. The number of hydrogen-bond donors (Lipinski definition) is 1. The van der Waals surface area contributed by atoms with Crippen LogP contribution in [0.1, 0.15) is 25.3 Å². The van der Waals surface area contributed by atoms with Crippen molar-refractivity contribution in [3.8, 4) is 11.5 Å². The highest BCUT2D eigenvalue weighted by molar-refractivity contribution is 5.86. The molecule has 1 heterocycles. The van der Waals surface area contributed by atoms with Crippen molar-refractivity contribution in [3.05, 3.63) is 23.8 Å². The van der Waals surface area contributed by atoms with Crippen LogP contribution in [0.2, 0.25) is 0 Å². The molecule has 21 heavy (non-hydrogen) atoms. The zero-order valence-electron chi connectivity index (χ0n) is 12.6. The van der Waals surface area contributed by atoms with Gasteiger partial charge in [-0.3, -0.25) is 4.79 Å².